The van der Waals surface area contributed by atoms with Crippen LogP contribution in [-0.4, -0.2) is 56.2 Å². The fourth-order valence-corrected chi connectivity index (χ4v) is 4.32. The number of carbonyl (C=O) groups excluding carboxylic acids is 2. The minimum absolute atomic E-state index is 0.00668. The molecule has 1 fully saturated rings. The molecule has 7 heteroatoms. The number of hydrogen-bond acceptors (Lipinski definition) is 6. The summed E-state index contributed by atoms with van der Waals surface area (Å²) in [6.07, 6.45) is 0.00668. The van der Waals surface area contributed by atoms with E-state index in [2.05, 4.69) is 39.4 Å². The van der Waals surface area contributed by atoms with E-state index in [1.807, 2.05) is 32.0 Å². The zero-order valence-electron chi connectivity index (χ0n) is 21.1. The lowest BCUT2D eigenvalue weighted by atomic mass is 10.1. The highest BCUT2D eigenvalue weighted by Crippen LogP contribution is 2.30. The van der Waals surface area contributed by atoms with Crippen LogP contribution in [0.3, 0.4) is 0 Å². The van der Waals surface area contributed by atoms with E-state index in [0.29, 0.717) is 22.6 Å². The highest BCUT2D eigenvalue weighted by atomic mass is 16.5. The summed E-state index contributed by atoms with van der Waals surface area (Å²) in [6.45, 7) is 8.21. The zero-order chi connectivity index (χ0) is 25.5. The SMILES string of the molecule is COC(=O)c1ccc(N2CCN(Cc3ccccc3)CC2)c(NC(=O)c2cccc(OC(C)C)c2)c1. The molecule has 1 heterocycles. The van der Waals surface area contributed by atoms with Gasteiger partial charge >= 0.3 is 5.97 Å². The van der Waals surface area contributed by atoms with Crippen LogP contribution in [0.5, 0.6) is 5.75 Å². The smallest absolute Gasteiger partial charge is 0.337 e. The molecule has 0 atom stereocenters. The first-order valence-electron chi connectivity index (χ1n) is 12.2. The first-order chi connectivity index (χ1) is 17.4. The van der Waals surface area contributed by atoms with E-state index >= 15 is 0 Å². The lowest BCUT2D eigenvalue weighted by molar-refractivity contribution is 0.0600. The molecule has 1 N–H and O–H groups in total. The standard InChI is InChI=1S/C29H33N3O4/c1-21(2)36-25-11-7-10-23(18-25)28(33)30-26-19-24(29(34)35-3)12-13-27(26)32-16-14-31(15-17-32)20-22-8-5-4-6-9-22/h4-13,18-19,21H,14-17,20H2,1-3H3,(H,30,33). The predicted molar refractivity (Wildman–Crippen MR) is 142 cm³/mol. The highest BCUT2D eigenvalue weighted by molar-refractivity contribution is 6.07. The van der Waals surface area contributed by atoms with Gasteiger partial charge in [0, 0.05) is 38.3 Å². The fraction of sp³-hybridized carbons (Fsp3) is 0.310. The van der Waals surface area contributed by atoms with Gasteiger partial charge in [-0.2, -0.15) is 0 Å². The lowest BCUT2D eigenvalue weighted by Crippen LogP contribution is -2.46. The van der Waals surface area contributed by atoms with E-state index in [-0.39, 0.29) is 12.0 Å². The number of amides is 1. The lowest BCUT2D eigenvalue weighted by Gasteiger charge is -2.37. The maximum Gasteiger partial charge on any atom is 0.337 e. The van der Waals surface area contributed by atoms with Crippen LogP contribution in [0.2, 0.25) is 0 Å². The molecule has 3 aromatic carbocycles. The number of piperazine rings is 1. The van der Waals surface area contributed by atoms with Crippen molar-refractivity contribution in [2.24, 2.45) is 0 Å². The molecule has 0 radical (unpaired) electrons. The molecule has 0 bridgehead atoms. The van der Waals surface area contributed by atoms with E-state index < -0.39 is 5.97 Å². The molecule has 1 aliphatic heterocycles. The Hall–Kier alpha value is -3.84. The second kappa shape index (κ2) is 11.7. The van der Waals surface area contributed by atoms with Gasteiger partial charge in [-0.05, 0) is 55.8 Å². The summed E-state index contributed by atoms with van der Waals surface area (Å²) in [5, 5.41) is 3.02. The van der Waals surface area contributed by atoms with Crippen LogP contribution in [0.15, 0.2) is 72.8 Å². The molecule has 7 nitrogen and oxygen atoms in total. The minimum Gasteiger partial charge on any atom is -0.491 e. The molecule has 188 valence electrons. The van der Waals surface area contributed by atoms with E-state index in [1.165, 1.54) is 12.7 Å². The number of ether oxygens (including phenoxy) is 2. The van der Waals surface area contributed by atoms with Gasteiger partial charge in [-0.25, -0.2) is 4.79 Å². The Morgan fingerprint density at radius 3 is 2.33 bits per heavy atom. The Labute approximate surface area is 212 Å². The van der Waals surface area contributed by atoms with E-state index in [1.54, 1.807) is 30.3 Å². The number of anilines is 2. The third-order valence-electron chi connectivity index (χ3n) is 6.10. The summed E-state index contributed by atoms with van der Waals surface area (Å²) in [5.41, 5.74) is 3.62. The van der Waals surface area contributed by atoms with Gasteiger partial charge in [-0.3, -0.25) is 9.69 Å². The predicted octanol–water partition coefficient (Wildman–Crippen LogP) is 4.83. The van der Waals surface area contributed by atoms with Crippen molar-refractivity contribution in [2.45, 2.75) is 26.5 Å². The van der Waals surface area contributed by atoms with Gasteiger partial charge in [0.1, 0.15) is 5.75 Å². The van der Waals surface area contributed by atoms with Crippen LogP contribution in [-0.2, 0) is 11.3 Å². The molecule has 1 saturated heterocycles. The van der Waals surface area contributed by atoms with Crippen molar-refractivity contribution in [3.05, 3.63) is 89.5 Å². The van der Waals surface area contributed by atoms with Crippen LogP contribution < -0.4 is 15.0 Å². The molecule has 1 aliphatic rings. The van der Waals surface area contributed by atoms with Crippen molar-refractivity contribution in [3.8, 4) is 5.75 Å². The summed E-state index contributed by atoms with van der Waals surface area (Å²) in [6, 6.07) is 22.8. The fourth-order valence-electron chi connectivity index (χ4n) is 4.32. The molecule has 36 heavy (non-hydrogen) atoms. The van der Waals surface area contributed by atoms with Crippen molar-refractivity contribution in [2.75, 3.05) is 43.5 Å². The van der Waals surface area contributed by atoms with Crippen LogP contribution in [0, 0.1) is 0 Å². The summed E-state index contributed by atoms with van der Waals surface area (Å²) >= 11 is 0. The molecule has 0 unspecified atom stereocenters. The quantitative estimate of drug-likeness (QED) is 0.459. The molecule has 0 saturated carbocycles. The number of methoxy groups -OCH3 is 1. The van der Waals surface area contributed by atoms with Gasteiger partial charge < -0.3 is 19.7 Å². The van der Waals surface area contributed by atoms with Crippen molar-refractivity contribution < 1.29 is 19.1 Å². The summed E-state index contributed by atoms with van der Waals surface area (Å²) in [7, 11) is 1.35. The third kappa shape index (κ3) is 6.43. The molecular weight excluding hydrogens is 454 g/mol. The van der Waals surface area contributed by atoms with E-state index in [0.717, 1.165) is 38.4 Å². The first kappa shape index (κ1) is 25.3. The van der Waals surface area contributed by atoms with E-state index in [9.17, 15) is 9.59 Å². The van der Waals surface area contributed by atoms with Gasteiger partial charge in [-0.15, -0.1) is 0 Å². The molecular formula is C29H33N3O4. The molecule has 1 amide bonds. The molecule has 0 aromatic heterocycles. The van der Waals surface area contributed by atoms with Crippen LogP contribution >= 0.6 is 0 Å². The second-order valence-electron chi connectivity index (χ2n) is 9.12. The zero-order valence-corrected chi connectivity index (χ0v) is 21.1. The number of rotatable bonds is 8. The highest BCUT2D eigenvalue weighted by Gasteiger charge is 2.22. The maximum atomic E-state index is 13.2. The van der Waals surface area contributed by atoms with Crippen molar-refractivity contribution in [1.29, 1.82) is 0 Å². The van der Waals surface area contributed by atoms with E-state index in [4.69, 9.17) is 9.47 Å². The Bertz CT molecular complexity index is 1190. The summed E-state index contributed by atoms with van der Waals surface area (Å²) in [4.78, 5) is 30.1. The number of hydrogen-bond donors (Lipinski definition) is 1. The topological polar surface area (TPSA) is 71.1 Å². The normalized spacial score (nSPS) is 13.9. The Balaban J connectivity index is 1.52. The number of benzene rings is 3. The van der Waals surface area contributed by atoms with Crippen LogP contribution in [0.1, 0.15) is 40.1 Å². The summed E-state index contributed by atoms with van der Waals surface area (Å²) < 4.78 is 10.6. The Morgan fingerprint density at radius 1 is 0.889 bits per heavy atom. The molecule has 3 aromatic rings. The number of carbonyl (C=O) groups is 2. The summed E-state index contributed by atoms with van der Waals surface area (Å²) in [5.74, 6) is -0.0806. The van der Waals surface area contributed by atoms with Gasteiger partial charge in [0.05, 0.1) is 30.2 Å². The number of nitrogens with zero attached hydrogens (tertiary/aromatic N) is 2. The second-order valence-corrected chi connectivity index (χ2v) is 9.12. The van der Waals surface area contributed by atoms with Crippen molar-refractivity contribution in [1.82, 2.24) is 4.90 Å². The maximum absolute atomic E-state index is 13.2. The van der Waals surface area contributed by atoms with Crippen molar-refractivity contribution >= 4 is 23.3 Å². The molecule has 0 aliphatic carbocycles. The van der Waals surface area contributed by atoms with Crippen molar-refractivity contribution in [3.63, 3.8) is 0 Å². The average Bonchev–Trinajstić information content (AvgIpc) is 2.89. The van der Waals surface area contributed by atoms with Crippen LogP contribution in [0.25, 0.3) is 0 Å². The Morgan fingerprint density at radius 2 is 1.64 bits per heavy atom. The molecule has 0 spiro atoms. The monoisotopic (exact) mass is 487 g/mol. The average molecular weight is 488 g/mol. The Kier molecular flexibility index (Phi) is 8.23. The van der Waals surface area contributed by atoms with Gasteiger partial charge in [0.25, 0.3) is 5.91 Å². The van der Waals surface area contributed by atoms with Gasteiger partial charge in [0.15, 0.2) is 0 Å². The van der Waals surface area contributed by atoms with Crippen LogP contribution in [0.4, 0.5) is 11.4 Å². The number of esters is 1. The minimum atomic E-state index is -0.447. The third-order valence-corrected chi connectivity index (χ3v) is 6.10. The van der Waals surface area contributed by atoms with Gasteiger partial charge in [-0.1, -0.05) is 36.4 Å². The van der Waals surface area contributed by atoms with Gasteiger partial charge in [0.2, 0.25) is 0 Å². The largest absolute Gasteiger partial charge is 0.491 e. The molecule has 4 rings (SSSR count). The number of nitrogens with one attached hydrogen (secondary N) is 1. The first-order valence-corrected chi connectivity index (χ1v) is 12.2.